The van der Waals surface area contributed by atoms with E-state index in [1.807, 2.05) is 11.3 Å². The third-order valence-corrected chi connectivity index (χ3v) is 10.9. The fraction of sp³-hybridized carbons (Fsp3) is 0.0698. The minimum atomic E-state index is -0.181. The van der Waals surface area contributed by atoms with Gasteiger partial charge in [-0.3, -0.25) is 0 Å². The van der Waals surface area contributed by atoms with Gasteiger partial charge in [-0.15, -0.1) is 11.3 Å². The van der Waals surface area contributed by atoms with Crippen molar-refractivity contribution in [3.63, 3.8) is 0 Å². The summed E-state index contributed by atoms with van der Waals surface area (Å²) >= 11 is 1.91. The number of hydrogen-bond acceptors (Lipinski definition) is 2. The van der Waals surface area contributed by atoms with Gasteiger partial charge in [-0.05, 0) is 81.1 Å². The molecule has 0 saturated carbocycles. The molecule has 0 spiro atoms. The van der Waals surface area contributed by atoms with Gasteiger partial charge < -0.3 is 4.90 Å². The first-order chi connectivity index (χ1) is 22.1. The van der Waals surface area contributed by atoms with Crippen molar-refractivity contribution in [2.75, 3.05) is 4.90 Å². The molecular weight excluding hydrogens is 563 g/mol. The Labute approximate surface area is 267 Å². The van der Waals surface area contributed by atoms with Crippen LogP contribution in [0.4, 0.5) is 17.1 Å². The molecule has 1 aliphatic carbocycles. The highest BCUT2D eigenvalue weighted by Crippen LogP contribution is 2.54. The third-order valence-electron chi connectivity index (χ3n) is 9.65. The molecule has 7 aromatic carbocycles. The number of rotatable bonds is 4. The van der Waals surface area contributed by atoms with Crippen LogP contribution in [0.5, 0.6) is 0 Å². The Balaban J connectivity index is 1.33. The van der Waals surface area contributed by atoms with E-state index in [1.165, 1.54) is 70.0 Å². The Kier molecular flexibility index (Phi) is 5.78. The monoisotopic (exact) mass is 593 g/mol. The molecule has 9 rings (SSSR count). The molecule has 1 nitrogen and oxygen atoms in total. The second-order valence-electron chi connectivity index (χ2n) is 12.5. The van der Waals surface area contributed by atoms with Crippen molar-refractivity contribution in [2.45, 2.75) is 19.3 Å². The molecule has 214 valence electrons. The second kappa shape index (κ2) is 9.92. The van der Waals surface area contributed by atoms with Crippen molar-refractivity contribution in [3.8, 4) is 22.3 Å². The molecule has 0 fully saturated rings. The number of anilines is 3. The Bertz CT molecular complexity index is 2360. The Morgan fingerprint density at radius 2 is 1.16 bits per heavy atom. The highest BCUT2D eigenvalue weighted by Gasteiger charge is 2.35. The lowest BCUT2D eigenvalue weighted by molar-refractivity contribution is 0.645. The number of thiophene rings is 1. The lowest BCUT2D eigenvalue weighted by Crippen LogP contribution is -2.24. The number of fused-ring (bicyclic) bond motifs is 5. The molecule has 8 aromatic rings. The first-order valence-electron chi connectivity index (χ1n) is 15.6. The molecule has 0 radical (unpaired) electrons. The maximum atomic E-state index is 2.44. The standard InChI is InChI=1S/C43H31NS/c1-43(2)37-21-11-13-28-23-25-33(35-20-12-19-34-32-18-9-10-22-39(32)45-42(34)35)41(40(28)37)36-26-24-31(27-38(36)43)44(29-14-5-3-6-15-29)30-16-7-4-8-17-30/h3-27H,1-2H3. The van der Waals surface area contributed by atoms with E-state index in [1.54, 1.807) is 0 Å². The summed E-state index contributed by atoms with van der Waals surface area (Å²) in [5, 5.41) is 5.35. The molecule has 1 aromatic heterocycles. The highest BCUT2D eigenvalue weighted by molar-refractivity contribution is 7.26. The van der Waals surface area contributed by atoms with Gasteiger partial charge in [0.15, 0.2) is 0 Å². The molecular formula is C43H31NS. The number of para-hydroxylation sites is 2. The van der Waals surface area contributed by atoms with E-state index in [2.05, 4.69) is 170 Å². The zero-order valence-corrected chi connectivity index (χ0v) is 26.1. The van der Waals surface area contributed by atoms with Gasteiger partial charge >= 0.3 is 0 Å². The van der Waals surface area contributed by atoms with Crippen LogP contribution in [0.3, 0.4) is 0 Å². The van der Waals surface area contributed by atoms with E-state index in [-0.39, 0.29) is 5.41 Å². The molecule has 0 atom stereocenters. The van der Waals surface area contributed by atoms with Gasteiger partial charge in [0.05, 0.1) is 0 Å². The van der Waals surface area contributed by atoms with Gasteiger partial charge in [-0.25, -0.2) is 0 Å². The van der Waals surface area contributed by atoms with Crippen LogP contribution in [0, 0.1) is 0 Å². The van der Waals surface area contributed by atoms with Crippen molar-refractivity contribution in [1.29, 1.82) is 0 Å². The van der Waals surface area contributed by atoms with Gasteiger partial charge in [0.25, 0.3) is 0 Å². The van der Waals surface area contributed by atoms with Crippen LogP contribution in [0.15, 0.2) is 152 Å². The normalized spacial score (nSPS) is 13.3. The smallest absolute Gasteiger partial charge is 0.0465 e. The molecule has 0 N–H and O–H groups in total. The van der Waals surface area contributed by atoms with Gasteiger partial charge in [0.1, 0.15) is 0 Å². The largest absolute Gasteiger partial charge is 0.310 e. The molecule has 1 heterocycles. The van der Waals surface area contributed by atoms with Gasteiger partial charge in [-0.1, -0.05) is 123 Å². The van der Waals surface area contributed by atoms with Crippen LogP contribution in [0.25, 0.3) is 53.2 Å². The van der Waals surface area contributed by atoms with Crippen molar-refractivity contribution >= 4 is 59.3 Å². The van der Waals surface area contributed by atoms with Crippen molar-refractivity contribution < 1.29 is 0 Å². The molecule has 2 heteroatoms. The third kappa shape index (κ3) is 3.92. The summed E-state index contributed by atoms with van der Waals surface area (Å²) in [5.74, 6) is 0. The lowest BCUT2D eigenvalue weighted by Gasteiger charge is -2.37. The highest BCUT2D eigenvalue weighted by atomic mass is 32.1. The van der Waals surface area contributed by atoms with E-state index in [0.717, 1.165) is 11.4 Å². The molecule has 0 saturated heterocycles. The quantitative estimate of drug-likeness (QED) is 0.196. The van der Waals surface area contributed by atoms with E-state index >= 15 is 0 Å². The van der Waals surface area contributed by atoms with E-state index in [4.69, 9.17) is 0 Å². The number of nitrogens with zero attached hydrogens (tertiary/aromatic N) is 1. The zero-order chi connectivity index (χ0) is 30.1. The molecule has 0 unspecified atom stereocenters. The molecule has 1 aliphatic rings. The van der Waals surface area contributed by atoms with E-state index < -0.39 is 0 Å². The minimum absolute atomic E-state index is 0.181. The average Bonchev–Trinajstić information content (AvgIpc) is 3.47. The maximum Gasteiger partial charge on any atom is 0.0465 e. The van der Waals surface area contributed by atoms with Crippen LogP contribution in [0.2, 0.25) is 0 Å². The summed E-state index contributed by atoms with van der Waals surface area (Å²) < 4.78 is 2.69. The van der Waals surface area contributed by atoms with E-state index in [9.17, 15) is 0 Å². The average molecular weight is 594 g/mol. The Morgan fingerprint density at radius 1 is 0.489 bits per heavy atom. The number of benzene rings is 7. The van der Waals surface area contributed by atoms with Gasteiger partial charge in [0.2, 0.25) is 0 Å². The van der Waals surface area contributed by atoms with Crippen LogP contribution in [-0.2, 0) is 5.41 Å². The molecule has 0 aliphatic heterocycles. The molecule has 45 heavy (non-hydrogen) atoms. The predicted octanol–water partition coefficient (Wildman–Crippen LogP) is 12.7. The van der Waals surface area contributed by atoms with Crippen LogP contribution < -0.4 is 4.90 Å². The summed E-state index contributed by atoms with van der Waals surface area (Å²) in [6.07, 6.45) is 0. The number of hydrogen-bond donors (Lipinski definition) is 0. The van der Waals surface area contributed by atoms with Crippen molar-refractivity contribution in [2.24, 2.45) is 0 Å². The van der Waals surface area contributed by atoms with E-state index in [0.29, 0.717) is 0 Å². The maximum absolute atomic E-state index is 2.44. The summed E-state index contributed by atoms with van der Waals surface area (Å²) in [5.41, 5.74) is 11.3. The second-order valence-corrected chi connectivity index (χ2v) is 13.6. The van der Waals surface area contributed by atoms with Crippen LogP contribution in [0.1, 0.15) is 25.0 Å². The SMILES string of the molecule is CC1(C)c2cc(N(c3ccccc3)c3ccccc3)ccc2-c2c(-c3cccc4c3sc3ccccc34)ccc3cccc1c23. The van der Waals surface area contributed by atoms with Gasteiger partial charge in [0, 0.05) is 48.2 Å². The first-order valence-corrected chi connectivity index (χ1v) is 16.4. The fourth-order valence-electron chi connectivity index (χ4n) is 7.52. The van der Waals surface area contributed by atoms with Crippen molar-refractivity contribution in [1.82, 2.24) is 0 Å². The Hall–Kier alpha value is -5.18. The van der Waals surface area contributed by atoms with Crippen molar-refractivity contribution in [3.05, 3.63) is 163 Å². The first kappa shape index (κ1) is 26.2. The summed E-state index contributed by atoms with van der Waals surface area (Å²) in [6, 6.07) is 55.7. The predicted molar refractivity (Wildman–Crippen MR) is 195 cm³/mol. The van der Waals surface area contributed by atoms with Gasteiger partial charge in [-0.2, -0.15) is 0 Å². The van der Waals surface area contributed by atoms with Crippen LogP contribution in [-0.4, -0.2) is 0 Å². The summed E-state index contributed by atoms with van der Waals surface area (Å²) in [7, 11) is 0. The topological polar surface area (TPSA) is 3.24 Å². The van der Waals surface area contributed by atoms with Crippen LogP contribution >= 0.6 is 11.3 Å². The lowest BCUT2D eigenvalue weighted by atomic mass is 9.67. The minimum Gasteiger partial charge on any atom is -0.310 e. The zero-order valence-electron chi connectivity index (χ0n) is 25.3. The fourth-order valence-corrected chi connectivity index (χ4v) is 8.75. The summed E-state index contributed by atoms with van der Waals surface area (Å²) in [6.45, 7) is 4.78. The molecule has 0 bridgehead atoms. The molecule has 0 amide bonds. The Morgan fingerprint density at radius 3 is 1.93 bits per heavy atom. The summed E-state index contributed by atoms with van der Waals surface area (Å²) in [4.78, 5) is 2.37.